The van der Waals surface area contributed by atoms with Crippen LogP contribution in [-0.4, -0.2) is 17.4 Å². The minimum atomic E-state index is 0.0239. The number of hydrogen-bond donors (Lipinski definition) is 0. The van der Waals surface area contributed by atoms with Crippen LogP contribution >= 0.6 is 0 Å². The van der Waals surface area contributed by atoms with E-state index in [4.69, 9.17) is 4.74 Å². The van der Waals surface area contributed by atoms with Crippen molar-refractivity contribution in [2.75, 3.05) is 0 Å². The lowest BCUT2D eigenvalue weighted by Gasteiger charge is -2.19. The maximum Gasteiger partial charge on any atom is 0.172 e. The van der Waals surface area contributed by atoms with Crippen molar-refractivity contribution in [2.24, 2.45) is 0 Å². The van der Waals surface area contributed by atoms with Crippen LogP contribution in [-0.2, 0) is 5.41 Å². The van der Waals surface area contributed by atoms with Crippen molar-refractivity contribution >= 4 is 6.29 Å². The molecular weight excluding hydrogens is 202 g/mol. The quantitative estimate of drug-likeness (QED) is 0.734. The molecule has 1 aromatic heterocycles. The standard InChI is InChI=1S/C13H17NO2/c1-13(2,3)9-6-12(16-10-4-5-10)11(8-15)14-7-9/h6-8,10H,4-5H2,1-3H3. The number of aldehydes is 1. The molecule has 86 valence electrons. The molecule has 1 aliphatic rings. The molecule has 1 saturated carbocycles. The summed E-state index contributed by atoms with van der Waals surface area (Å²) in [7, 11) is 0. The van der Waals surface area contributed by atoms with E-state index >= 15 is 0 Å². The van der Waals surface area contributed by atoms with Crippen molar-refractivity contribution < 1.29 is 9.53 Å². The second-order valence-corrected chi connectivity index (χ2v) is 5.29. The van der Waals surface area contributed by atoms with Crippen LogP contribution in [0.15, 0.2) is 12.3 Å². The van der Waals surface area contributed by atoms with Gasteiger partial charge in [-0.25, -0.2) is 4.98 Å². The molecule has 0 atom stereocenters. The lowest BCUT2D eigenvalue weighted by atomic mass is 9.88. The molecule has 0 aliphatic heterocycles. The summed E-state index contributed by atoms with van der Waals surface area (Å²) in [6, 6.07) is 1.94. The van der Waals surface area contributed by atoms with E-state index in [0.717, 1.165) is 24.7 Å². The third-order valence-corrected chi connectivity index (χ3v) is 2.68. The molecule has 1 aromatic rings. The molecule has 0 saturated heterocycles. The van der Waals surface area contributed by atoms with Gasteiger partial charge in [0.15, 0.2) is 6.29 Å². The summed E-state index contributed by atoms with van der Waals surface area (Å²) in [5, 5.41) is 0. The summed E-state index contributed by atoms with van der Waals surface area (Å²) < 4.78 is 5.69. The van der Waals surface area contributed by atoms with Gasteiger partial charge >= 0.3 is 0 Å². The van der Waals surface area contributed by atoms with E-state index in [0.29, 0.717) is 11.4 Å². The van der Waals surface area contributed by atoms with Gasteiger partial charge in [-0.1, -0.05) is 20.8 Å². The number of carbonyl (C=O) groups is 1. The Morgan fingerprint density at radius 2 is 2.12 bits per heavy atom. The Bertz CT molecular complexity index is 403. The Hall–Kier alpha value is -1.38. The average Bonchev–Trinajstić information content (AvgIpc) is 3.00. The Morgan fingerprint density at radius 3 is 2.62 bits per heavy atom. The smallest absolute Gasteiger partial charge is 0.172 e. The zero-order chi connectivity index (χ0) is 11.8. The summed E-state index contributed by atoms with van der Waals surface area (Å²) in [6.45, 7) is 6.35. The SMILES string of the molecule is CC(C)(C)c1cnc(C=O)c(OC2CC2)c1. The van der Waals surface area contributed by atoms with Crippen LogP contribution in [0.5, 0.6) is 5.75 Å². The van der Waals surface area contributed by atoms with Crippen molar-refractivity contribution in [3.8, 4) is 5.75 Å². The van der Waals surface area contributed by atoms with E-state index in [2.05, 4.69) is 25.8 Å². The van der Waals surface area contributed by atoms with Gasteiger partial charge in [-0.2, -0.15) is 0 Å². The Kier molecular flexibility index (Phi) is 2.70. The van der Waals surface area contributed by atoms with Crippen molar-refractivity contribution in [3.63, 3.8) is 0 Å². The lowest BCUT2D eigenvalue weighted by molar-refractivity contribution is 0.111. The second kappa shape index (κ2) is 3.89. The summed E-state index contributed by atoms with van der Waals surface area (Å²) in [5.74, 6) is 0.630. The predicted molar refractivity (Wildman–Crippen MR) is 62.0 cm³/mol. The number of aromatic nitrogens is 1. The third kappa shape index (κ3) is 2.40. The maximum atomic E-state index is 10.8. The third-order valence-electron chi connectivity index (χ3n) is 2.68. The van der Waals surface area contributed by atoms with Gasteiger partial charge in [0.25, 0.3) is 0 Å². The van der Waals surface area contributed by atoms with Crippen molar-refractivity contribution in [1.29, 1.82) is 0 Å². The first-order valence-corrected chi connectivity index (χ1v) is 5.63. The fraction of sp³-hybridized carbons (Fsp3) is 0.538. The van der Waals surface area contributed by atoms with Crippen LogP contribution in [0, 0.1) is 0 Å². The Labute approximate surface area is 95.8 Å². The molecule has 0 unspecified atom stereocenters. The predicted octanol–water partition coefficient (Wildman–Crippen LogP) is 2.73. The average molecular weight is 219 g/mol. The van der Waals surface area contributed by atoms with Gasteiger partial charge in [0.2, 0.25) is 0 Å². The van der Waals surface area contributed by atoms with Crippen molar-refractivity contribution in [3.05, 3.63) is 23.5 Å². The zero-order valence-electron chi connectivity index (χ0n) is 9.99. The van der Waals surface area contributed by atoms with Crippen LogP contribution < -0.4 is 4.74 Å². The molecule has 3 heteroatoms. The van der Waals surface area contributed by atoms with Gasteiger partial charge in [0.1, 0.15) is 11.4 Å². The number of rotatable bonds is 3. The minimum Gasteiger partial charge on any atom is -0.488 e. The van der Waals surface area contributed by atoms with Gasteiger partial charge in [0.05, 0.1) is 6.10 Å². The fourth-order valence-corrected chi connectivity index (χ4v) is 1.41. The molecule has 1 fully saturated rings. The van der Waals surface area contributed by atoms with E-state index in [1.165, 1.54) is 0 Å². The number of ether oxygens (including phenoxy) is 1. The lowest BCUT2D eigenvalue weighted by Crippen LogP contribution is -2.13. The fourth-order valence-electron chi connectivity index (χ4n) is 1.41. The summed E-state index contributed by atoms with van der Waals surface area (Å²) in [6.07, 6.45) is 4.96. The monoisotopic (exact) mass is 219 g/mol. The number of carbonyl (C=O) groups excluding carboxylic acids is 1. The van der Waals surface area contributed by atoms with Gasteiger partial charge < -0.3 is 4.74 Å². The Morgan fingerprint density at radius 1 is 1.44 bits per heavy atom. The molecule has 2 rings (SSSR count). The molecule has 0 spiro atoms. The molecule has 16 heavy (non-hydrogen) atoms. The maximum absolute atomic E-state index is 10.8. The van der Waals surface area contributed by atoms with Gasteiger partial charge in [0, 0.05) is 6.20 Å². The van der Waals surface area contributed by atoms with Crippen LogP contribution in [0.25, 0.3) is 0 Å². The zero-order valence-corrected chi connectivity index (χ0v) is 9.99. The molecular formula is C13H17NO2. The highest BCUT2D eigenvalue weighted by molar-refractivity contribution is 5.76. The number of nitrogens with zero attached hydrogens (tertiary/aromatic N) is 1. The van der Waals surface area contributed by atoms with E-state index < -0.39 is 0 Å². The molecule has 3 nitrogen and oxygen atoms in total. The van der Waals surface area contributed by atoms with Gasteiger partial charge in [-0.05, 0) is 29.9 Å². The van der Waals surface area contributed by atoms with Crippen LogP contribution in [0.3, 0.4) is 0 Å². The second-order valence-electron chi connectivity index (χ2n) is 5.29. The van der Waals surface area contributed by atoms with Gasteiger partial charge in [-0.15, -0.1) is 0 Å². The van der Waals surface area contributed by atoms with Crippen LogP contribution in [0.4, 0.5) is 0 Å². The van der Waals surface area contributed by atoms with E-state index in [1.807, 2.05) is 6.07 Å². The van der Waals surface area contributed by atoms with E-state index in [9.17, 15) is 4.79 Å². The molecule has 1 heterocycles. The van der Waals surface area contributed by atoms with Crippen molar-refractivity contribution in [1.82, 2.24) is 4.98 Å². The largest absolute Gasteiger partial charge is 0.488 e. The first kappa shape index (κ1) is 11.1. The molecule has 0 N–H and O–H groups in total. The summed E-state index contributed by atoms with van der Waals surface area (Å²) >= 11 is 0. The van der Waals surface area contributed by atoms with E-state index in [-0.39, 0.29) is 11.5 Å². The normalized spacial score (nSPS) is 15.9. The highest BCUT2D eigenvalue weighted by Crippen LogP contribution is 2.31. The number of hydrogen-bond acceptors (Lipinski definition) is 3. The summed E-state index contributed by atoms with van der Waals surface area (Å²) in [4.78, 5) is 15.0. The molecule has 1 aliphatic carbocycles. The molecule has 0 aromatic carbocycles. The van der Waals surface area contributed by atoms with Crippen LogP contribution in [0.2, 0.25) is 0 Å². The van der Waals surface area contributed by atoms with Gasteiger partial charge in [-0.3, -0.25) is 4.79 Å². The van der Waals surface area contributed by atoms with E-state index in [1.54, 1.807) is 6.20 Å². The minimum absolute atomic E-state index is 0.0239. The van der Waals surface area contributed by atoms with Crippen molar-refractivity contribution in [2.45, 2.75) is 45.1 Å². The molecule has 0 radical (unpaired) electrons. The number of pyridine rings is 1. The first-order valence-electron chi connectivity index (χ1n) is 5.63. The Balaban J connectivity index is 2.33. The first-order chi connectivity index (χ1) is 7.50. The highest BCUT2D eigenvalue weighted by Gasteiger charge is 2.26. The molecule has 0 amide bonds. The summed E-state index contributed by atoms with van der Waals surface area (Å²) in [5.41, 5.74) is 1.52. The topological polar surface area (TPSA) is 39.2 Å². The highest BCUT2D eigenvalue weighted by atomic mass is 16.5. The molecule has 0 bridgehead atoms. The van der Waals surface area contributed by atoms with Crippen LogP contribution in [0.1, 0.15) is 49.7 Å².